The lowest BCUT2D eigenvalue weighted by Crippen LogP contribution is -2.41. The van der Waals surface area contributed by atoms with E-state index in [1.54, 1.807) is 0 Å². The van der Waals surface area contributed by atoms with Crippen LogP contribution in [0.15, 0.2) is 30.7 Å². The van der Waals surface area contributed by atoms with Crippen LogP contribution in [0.5, 0.6) is 0 Å². The third-order valence-electron chi connectivity index (χ3n) is 4.05. The van der Waals surface area contributed by atoms with E-state index in [1.807, 2.05) is 44.3 Å². The molecule has 5 nitrogen and oxygen atoms in total. The SMILES string of the molecule is CC(C)(C)OC(=O)N1CCC(c2ccc3cnccn23)CC1. The summed E-state index contributed by atoms with van der Waals surface area (Å²) in [6.07, 6.45) is 7.42. The van der Waals surface area contributed by atoms with Crippen LogP contribution in [-0.4, -0.2) is 39.1 Å². The summed E-state index contributed by atoms with van der Waals surface area (Å²) in [5, 5.41) is 0. The molecule has 0 aromatic carbocycles. The molecule has 1 amide bonds. The zero-order valence-electron chi connectivity index (χ0n) is 13.5. The number of carbonyl (C=O) groups is 1. The number of hydrogen-bond donors (Lipinski definition) is 0. The Morgan fingerprint density at radius 2 is 2.00 bits per heavy atom. The third kappa shape index (κ3) is 3.08. The maximum Gasteiger partial charge on any atom is 0.410 e. The van der Waals surface area contributed by atoms with E-state index in [0.717, 1.165) is 31.4 Å². The summed E-state index contributed by atoms with van der Waals surface area (Å²) in [5.74, 6) is 0.476. The Labute approximate surface area is 130 Å². The summed E-state index contributed by atoms with van der Waals surface area (Å²) in [6, 6.07) is 4.27. The lowest BCUT2D eigenvalue weighted by molar-refractivity contribution is 0.0204. The van der Waals surface area contributed by atoms with Gasteiger partial charge >= 0.3 is 6.09 Å². The number of fused-ring (bicyclic) bond motifs is 1. The monoisotopic (exact) mass is 301 g/mol. The van der Waals surface area contributed by atoms with Crippen molar-refractivity contribution in [1.82, 2.24) is 14.3 Å². The topological polar surface area (TPSA) is 46.8 Å². The van der Waals surface area contributed by atoms with E-state index in [2.05, 4.69) is 21.5 Å². The average Bonchev–Trinajstić information content (AvgIpc) is 2.89. The van der Waals surface area contributed by atoms with Crippen molar-refractivity contribution in [3.63, 3.8) is 0 Å². The van der Waals surface area contributed by atoms with E-state index < -0.39 is 5.60 Å². The van der Waals surface area contributed by atoms with Crippen LogP contribution >= 0.6 is 0 Å². The quantitative estimate of drug-likeness (QED) is 0.810. The summed E-state index contributed by atoms with van der Waals surface area (Å²) in [6.45, 7) is 7.20. The van der Waals surface area contributed by atoms with E-state index in [0.29, 0.717) is 5.92 Å². The summed E-state index contributed by atoms with van der Waals surface area (Å²) in [5.41, 5.74) is 1.99. The number of likely N-dealkylation sites (tertiary alicyclic amines) is 1. The van der Waals surface area contributed by atoms with Gasteiger partial charge in [-0.3, -0.25) is 4.98 Å². The average molecular weight is 301 g/mol. The van der Waals surface area contributed by atoms with Crippen molar-refractivity contribution in [3.05, 3.63) is 36.4 Å². The molecular weight excluding hydrogens is 278 g/mol. The van der Waals surface area contributed by atoms with E-state index in [4.69, 9.17) is 4.74 Å². The van der Waals surface area contributed by atoms with Crippen LogP contribution in [-0.2, 0) is 4.74 Å². The molecule has 0 saturated carbocycles. The first kappa shape index (κ1) is 14.9. The van der Waals surface area contributed by atoms with Crippen molar-refractivity contribution in [1.29, 1.82) is 0 Å². The lowest BCUT2D eigenvalue weighted by Gasteiger charge is -2.33. The molecule has 1 saturated heterocycles. The number of amides is 1. The van der Waals surface area contributed by atoms with E-state index in [9.17, 15) is 4.79 Å². The Kier molecular flexibility index (Phi) is 3.81. The molecule has 2 aromatic rings. The predicted molar refractivity (Wildman–Crippen MR) is 85.0 cm³/mol. The Morgan fingerprint density at radius 3 is 2.68 bits per heavy atom. The fourth-order valence-corrected chi connectivity index (χ4v) is 3.00. The first-order valence-electron chi connectivity index (χ1n) is 7.83. The van der Waals surface area contributed by atoms with Gasteiger partial charge in [-0.25, -0.2) is 4.79 Å². The van der Waals surface area contributed by atoms with Gasteiger partial charge in [0.05, 0.1) is 11.7 Å². The van der Waals surface area contributed by atoms with E-state index in [-0.39, 0.29) is 6.09 Å². The highest BCUT2D eigenvalue weighted by Gasteiger charge is 2.28. The molecule has 22 heavy (non-hydrogen) atoms. The van der Waals surface area contributed by atoms with Gasteiger partial charge in [0.15, 0.2) is 0 Å². The Hall–Kier alpha value is -2.04. The van der Waals surface area contributed by atoms with Gasteiger partial charge < -0.3 is 14.0 Å². The molecule has 0 bridgehead atoms. The standard InChI is InChI=1S/C17H23N3O2/c1-17(2,3)22-16(21)19-9-6-13(7-10-19)15-5-4-14-12-18-8-11-20(14)15/h4-5,8,11-13H,6-7,9-10H2,1-3H3. The van der Waals surface area contributed by atoms with Crippen LogP contribution in [0, 0.1) is 0 Å². The number of carbonyl (C=O) groups excluding carboxylic acids is 1. The van der Waals surface area contributed by atoms with Gasteiger partial charge in [0.2, 0.25) is 0 Å². The molecule has 1 aliphatic heterocycles. The third-order valence-corrected chi connectivity index (χ3v) is 4.05. The van der Waals surface area contributed by atoms with Crippen LogP contribution in [0.1, 0.15) is 45.2 Å². The van der Waals surface area contributed by atoms with Gasteiger partial charge in [-0.15, -0.1) is 0 Å². The van der Waals surface area contributed by atoms with Crippen LogP contribution < -0.4 is 0 Å². The first-order valence-corrected chi connectivity index (χ1v) is 7.83. The smallest absolute Gasteiger partial charge is 0.410 e. The molecule has 0 atom stereocenters. The van der Waals surface area contributed by atoms with E-state index in [1.165, 1.54) is 5.69 Å². The van der Waals surface area contributed by atoms with Gasteiger partial charge in [0.25, 0.3) is 0 Å². The molecule has 3 rings (SSSR count). The second-order valence-corrected chi connectivity index (χ2v) is 6.87. The first-order chi connectivity index (χ1) is 10.4. The summed E-state index contributed by atoms with van der Waals surface area (Å²) in [7, 11) is 0. The van der Waals surface area contributed by atoms with Crippen LogP contribution in [0.3, 0.4) is 0 Å². The van der Waals surface area contributed by atoms with Crippen molar-refractivity contribution in [2.45, 2.75) is 45.1 Å². The Morgan fingerprint density at radius 1 is 1.27 bits per heavy atom. The molecule has 1 fully saturated rings. The molecule has 2 aromatic heterocycles. The minimum atomic E-state index is -0.432. The molecule has 3 heterocycles. The number of ether oxygens (including phenoxy) is 1. The molecule has 118 valence electrons. The highest BCUT2D eigenvalue weighted by Crippen LogP contribution is 2.29. The lowest BCUT2D eigenvalue weighted by atomic mass is 9.94. The number of rotatable bonds is 1. The van der Waals surface area contributed by atoms with Crippen molar-refractivity contribution >= 4 is 11.6 Å². The fraction of sp³-hybridized carbons (Fsp3) is 0.529. The molecular formula is C17H23N3O2. The second kappa shape index (κ2) is 5.63. The fourth-order valence-electron chi connectivity index (χ4n) is 3.00. The van der Waals surface area contributed by atoms with Crippen molar-refractivity contribution in [2.24, 2.45) is 0 Å². The van der Waals surface area contributed by atoms with Gasteiger partial charge in [-0.1, -0.05) is 0 Å². The summed E-state index contributed by atoms with van der Waals surface area (Å²) >= 11 is 0. The Bertz CT molecular complexity index is 664. The van der Waals surface area contributed by atoms with Gasteiger partial charge in [-0.2, -0.15) is 0 Å². The number of nitrogens with zero attached hydrogens (tertiary/aromatic N) is 3. The highest BCUT2D eigenvalue weighted by atomic mass is 16.6. The molecule has 0 radical (unpaired) electrons. The van der Waals surface area contributed by atoms with Crippen molar-refractivity contribution in [3.8, 4) is 0 Å². The van der Waals surface area contributed by atoms with Gasteiger partial charge in [-0.05, 0) is 45.7 Å². The summed E-state index contributed by atoms with van der Waals surface area (Å²) in [4.78, 5) is 18.1. The maximum absolute atomic E-state index is 12.1. The van der Waals surface area contributed by atoms with Gasteiger partial charge in [0.1, 0.15) is 5.60 Å². The summed E-state index contributed by atoms with van der Waals surface area (Å²) < 4.78 is 7.64. The molecule has 0 unspecified atom stereocenters. The van der Waals surface area contributed by atoms with Crippen molar-refractivity contribution in [2.75, 3.05) is 13.1 Å². The molecule has 0 aliphatic carbocycles. The van der Waals surface area contributed by atoms with Crippen LogP contribution in [0.2, 0.25) is 0 Å². The van der Waals surface area contributed by atoms with Crippen LogP contribution in [0.4, 0.5) is 4.79 Å². The van der Waals surface area contributed by atoms with Gasteiger partial charge in [0, 0.05) is 37.1 Å². The maximum atomic E-state index is 12.1. The molecule has 5 heteroatoms. The minimum Gasteiger partial charge on any atom is -0.444 e. The molecule has 0 N–H and O–H groups in total. The van der Waals surface area contributed by atoms with E-state index >= 15 is 0 Å². The number of aromatic nitrogens is 2. The Balaban J connectivity index is 1.66. The predicted octanol–water partition coefficient (Wildman–Crippen LogP) is 3.45. The highest BCUT2D eigenvalue weighted by molar-refractivity contribution is 5.68. The normalized spacial score (nSPS) is 17.0. The number of piperidine rings is 1. The zero-order chi connectivity index (χ0) is 15.7. The van der Waals surface area contributed by atoms with Crippen molar-refractivity contribution < 1.29 is 9.53 Å². The second-order valence-electron chi connectivity index (χ2n) is 6.87. The zero-order valence-corrected chi connectivity index (χ0v) is 13.5. The molecule has 0 spiro atoms. The minimum absolute atomic E-state index is 0.199. The molecule has 1 aliphatic rings. The largest absolute Gasteiger partial charge is 0.444 e. The van der Waals surface area contributed by atoms with Crippen LogP contribution in [0.25, 0.3) is 5.52 Å². The number of hydrogen-bond acceptors (Lipinski definition) is 3.